The minimum atomic E-state index is -0.365. The zero-order valence-electron chi connectivity index (χ0n) is 11.3. The molecule has 2 atom stereocenters. The van der Waals surface area contributed by atoms with Gasteiger partial charge in [-0.15, -0.1) is 11.8 Å². The van der Waals surface area contributed by atoms with E-state index in [1.807, 2.05) is 7.05 Å². The molecule has 0 bridgehead atoms. The molecule has 0 amide bonds. The molecule has 0 aromatic heterocycles. The minimum absolute atomic E-state index is 0.316. The van der Waals surface area contributed by atoms with Crippen LogP contribution in [0.15, 0.2) is 23.1 Å². The summed E-state index contributed by atoms with van der Waals surface area (Å²) < 4.78 is 27.0. The van der Waals surface area contributed by atoms with Crippen molar-refractivity contribution in [1.29, 1.82) is 0 Å². The Labute approximate surface area is 118 Å². The van der Waals surface area contributed by atoms with Crippen LogP contribution in [-0.4, -0.2) is 18.3 Å². The summed E-state index contributed by atoms with van der Waals surface area (Å²) in [6.07, 6.45) is 7.10. The van der Waals surface area contributed by atoms with Gasteiger partial charge in [0.2, 0.25) is 0 Å². The second-order valence-corrected chi connectivity index (χ2v) is 6.40. The van der Waals surface area contributed by atoms with Crippen LogP contribution in [0.2, 0.25) is 0 Å². The van der Waals surface area contributed by atoms with Gasteiger partial charge in [0.15, 0.2) is 0 Å². The van der Waals surface area contributed by atoms with Crippen molar-refractivity contribution in [2.24, 2.45) is 0 Å². The third-order valence-corrected chi connectivity index (χ3v) is 5.18. The first-order chi connectivity index (χ1) is 9.20. The molecule has 1 nitrogen and oxygen atoms in total. The fourth-order valence-corrected chi connectivity index (χ4v) is 4.06. The zero-order valence-corrected chi connectivity index (χ0v) is 12.1. The van der Waals surface area contributed by atoms with Gasteiger partial charge in [0.1, 0.15) is 11.6 Å². The number of nitrogens with one attached hydrogen (secondary N) is 1. The molecule has 2 unspecified atom stereocenters. The lowest BCUT2D eigenvalue weighted by molar-refractivity contribution is 0.420. The number of hydrogen-bond donors (Lipinski definition) is 1. The molecule has 1 N–H and O–H groups in total. The highest BCUT2D eigenvalue weighted by atomic mass is 32.2. The van der Waals surface area contributed by atoms with E-state index >= 15 is 0 Å². The van der Waals surface area contributed by atoms with Gasteiger partial charge in [0.05, 0.1) is 0 Å². The van der Waals surface area contributed by atoms with Gasteiger partial charge in [-0.2, -0.15) is 0 Å². The van der Waals surface area contributed by atoms with Crippen LogP contribution in [0, 0.1) is 11.6 Å². The van der Waals surface area contributed by atoms with Gasteiger partial charge >= 0.3 is 0 Å². The summed E-state index contributed by atoms with van der Waals surface area (Å²) in [4.78, 5) is 0.436. The Kier molecular flexibility index (Phi) is 5.64. The monoisotopic (exact) mass is 285 g/mol. The Morgan fingerprint density at radius 3 is 2.58 bits per heavy atom. The number of rotatable bonds is 3. The van der Waals surface area contributed by atoms with Crippen molar-refractivity contribution >= 4 is 11.8 Å². The number of halogens is 2. The Balaban J connectivity index is 2.10. The van der Waals surface area contributed by atoms with E-state index in [9.17, 15) is 8.78 Å². The predicted molar refractivity (Wildman–Crippen MR) is 76.6 cm³/mol. The number of hydrogen-bond acceptors (Lipinski definition) is 2. The summed E-state index contributed by atoms with van der Waals surface area (Å²) in [5, 5.41) is 3.66. The second-order valence-electron chi connectivity index (χ2n) is 5.12. The van der Waals surface area contributed by atoms with E-state index in [0.29, 0.717) is 16.2 Å². The van der Waals surface area contributed by atoms with Crippen LogP contribution >= 0.6 is 11.8 Å². The topological polar surface area (TPSA) is 12.0 Å². The van der Waals surface area contributed by atoms with Crippen molar-refractivity contribution in [1.82, 2.24) is 5.32 Å². The molecule has 1 aliphatic rings. The maximum atomic E-state index is 13.7. The smallest absolute Gasteiger partial charge is 0.136 e. The highest BCUT2D eigenvalue weighted by Crippen LogP contribution is 2.34. The molecule has 0 heterocycles. The summed E-state index contributed by atoms with van der Waals surface area (Å²) in [5.41, 5.74) is 0. The quantitative estimate of drug-likeness (QED) is 0.885. The Bertz CT molecular complexity index is 411. The highest BCUT2D eigenvalue weighted by molar-refractivity contribution is 8.00. The average Bonchev–Trinajstić information content (AvgIpc) is 2.37. The molecule has 1 saturated carbocycles. The number of benzene rings is 1. The molecular formula is C15H21F2NS. The molecule has 2 rings (SSSR count). The third kappa shape index (κ3) is 4.18. The van der Waals surface area contributed by atoms with Gasteiger partial charge in [-0.1, -0.05) is 25.7 Å². The first kappa shape index (κ1) is 14.8. The molecule has 0 radical (unpaired) electrons. The molecule has 1 aromatic rings. The molecule has 19 heavy (non-hydrogen) atoms. The molecule has 4 heteroatoms. The Morgan fingerprint density at radius 1 is 1.11 bits per heavy atom. The first-order valence-electron chi connectivity index (χ1n) is 6.99. The molecule has 1 aromatic carbocycles. The van der Waals surface area contributed by atoms with Crippen molar-refractivity contribution in [2.75, 3.05) is 7.05 Å². The van der Waals surface area contributed by atoms with Crippen LogP contribution in [0.25, 0.3) is 0 Å². The van der Waals surface area contributed by atoms with Crippen molar-refractivity contribution in [3.63, 3.8) is 0 Å². The molecule has 106 valence electrons. The summed E-state index contributed by atoms with van der Waals surface area (Å²) in [6, 6.07) is 4.08. The van der Waals surface area contributed by atoms with E-state index in [1.165, 1.54) is 55.6 Å². The summed E-state index contributed by atoms with van der Waals surface area (Å²) in [7, 11) is 1.96. The van der Waals surface area contributed by atoms with Gasteiger partial charge in [0, 0.05) is 16.2 Å². The third-order valence-electron chi connectivity index (χ3n) is 3.74. The molecule has 0 saturated heterocycles. The van der Waals surface area contributed by atoms with Crippen LogP contribution in [0.5, 0.6) is 0 Å². The van der Waals surface area contributed by atoms with E-state index in [1.54, 1.807) is 0 Å². The zero-order chi connectivity index (χ0) is 13.7. The fourth-order valence-electron chi connectivity index (χ4n) is 2.65. The average molecular weight is 285 g/mol. The highest BCUT2D eigenvalue weighted by Gasteiger charge is 2.23. The van der Waals surface area contributed by atoms with E-state index in [-0.39, 0.29) is 11.6 Å². The first-order valence-corrected chi connectivity index (χ1v) is 7.87. The van der Waals surface area contributed by atoms with Crippen molar-refractivity contribution < 1.29 is 8.78 Å². The lowest BCUT2D eigenvalue weighted by atomic mass is 9.96. The largest absolute Gasteiger partial charge is 0.316 e. The van der Waals surface area contributed by atoms with E-state index in [0.717, 1.165) is 12.8 Å². The fraction of sp³-hybridized carbons (Fsp3) is 0.600. The van der Waals surface area contributed by atoms with Crippen molar-refractivity contribution in [3.8, 4) is 0 Å². The standard InChI is InChI=1S/C15H21F2NS/c1-18-13-6-4-2-3-5-7-14(13)19-15-10-11(16)8-9-12(15)17/h8-10,13-14,18H,2-7H2,1H3. The summed E-state index contributed by atoms with van der Waals surface area (Å²) in [5.74, 6) is -0.681. The molecular weight excluding hydrogens is 264 g/mol. The van der Waals surface area contributed by atoms with Gasteiger partial charge in [-0.05, 0) is 38.1 Å². The SMILES string of the molecule is CNC1CCCCCCC1Sc1cc(F)ccc1F. The van der Waals surface area contributed by atoms with Gasteiger partial charge in [-0.3, -0.25) is 0 Å². The van der Waals surface area contributed by atoms with Crippen LogP contribution < -0.4 is 5.32 Å². The molecule has 1 aliphatic carbocycles. The molecule has 0 spiro atoms. The lowest BCUT2D eigenvalue weighted by Gasteiger charge is -2.28. The normalized spacial score (nSPS) is 24.8. The van der Waals surface area contributed by atoms with Gasteiger partial charge in [-0.25, -0.2) is 8.78 Å². The number of thioether (sulfide) groups is 1. The molecule has 1 fully saturated rings. The Hall–Kier alpha value is -0.610. The van der Waals surface area contributed by atoms with Gasteiger partial charge in [0.25, 0.3) is 0 Å². The predicted octanol–water partition coefficient (Wildman–Crippen LogP) is 4.37. The molecule has 0 aliphatic heterocycles. The van der Waals surface area contributed by atoms with Crippen molar-refractivity contribution in [3.05, 3.63) is 29.8 Å². The maximum Gasteiger partial charge on any atom is 0.136 e. The summed E-state index contributed by atoms with van der Waals surface area (Å²) in [6.45, 7) is 0. The second kappa shape index (κ2) is 7.25. The van der Waals surface area contributed by atoms with Crippen LogP contribution in [-0.2, 0) is 0 Å². The summed E-state index contributed by atoms with van der Waals surface area (Å²) >= 11 is 1.48. The van der Waals surface area contributed by atoms with Crippen LogP contribution in [0.1, 0.15) is 38.5 Å². The lowest BCUT2D eigenvalue weighted by Crippen LogP contribution is -2.36. The Morgan fingerprint density at radius 2 is 1.84 bits per heavy atom. The van der Waals surface area contributed by atoms with Crippen molar-refractivity contribution in [2.45, 2.75) is 54.7 Å². The van der Waals surface area contributed by atoms with Crippen LogP contribution in [0.4, 0.5) is 8.78 Å². The van der Waals surface area contributed by atoms with E-state index in [4.69, 9.17) is 0 Å². The maximum absolute atomic E-state index is 13.7. The minimum Gasteiger partial charge on any atom is -0.316 e. The van der Waals surface area contributed by atoms with E-state index < -0.39 is 0 Å². The van der Waals surface area contributed by atoms with Crippen LogP contribution in [0.3, 0.4) is 0 Å². The van der Waals surface area contributed by atoms with Gasteiger partial charge < -0.3 is 5.32 Å². The van der Waals surface area contributed by atoms with E-state index in [2.05, 4.69) is 5.32 Å².